The zero-order chi connectivity index (χ0) is 20.8. The minimum absolute atomic E-state index is 0.0531. The highest BCUT2D eigenvalue weighted by Gasteiger charge is 2.21. The maximum absolute atomic E-state index is 14.3. The molecule has 0 saturated carbocycles. The van der Waals surface area contributed by atoms with Crippen molar-refractivity contribution in [2.24, 2.45) is 0 Å². The fourth-order valence-electron chi connectivity index (χ4n) is 2.95. The van der Waals surface area contributed by atoms with Gasteiger partial charge in [-0.1, -0.05) is 6.07 Å². The van der Waals surface area contributed by atoms with Crippen LogP contribution in [0.5, 0.6) is 0 Å². The molecule has 2 aromatic carbocycles. The van der Waals surface area contributed by atoms with Crippen LogP contribution in [0.4, 0.5) is 20.3 Å². The molecule has 0 atom stereocenters. The molecule has 2 N–H and O–H groups in total. The lowest BCUT2D eigenvalue weighted by Gasteiger charge is -2.04. The van der Waals surface area contributed by atoms with Gasteiger partial charge in [-0.05, 0) is 36.4 Å². The molecule has 0 spiro atoms. The Morgan fingerprint density at radius 2 is 1.72 bits per heavy atom. The van der Waals surface area contributed by atoms with Crippen LogP contribution in [-0.4, -0.2) is 29.0 Å². The molecule has 7 nitrogen and oxygen atoms in total. The van der Waals surface area contributed by atoms with Crippen LogP contribution in [0, 0.1) is 11.6 Å². The maximum atomic E-state index is 14.3. The van der Waals surface area contributed by atoms with E-state index >= 15 is 0 Å². The summed E-state index contributed by atoms with van der Waals surface area (Å²) in [6, 6.07) is 9.24. The second kappa shape index (κ2) is 6.82. The van der Waals surface area contributed by atoms with Crippen molar-refractivity contribution in [3.05, 3.63) is 76.8 Å². The smallest absolute Gasteiger partial charge is 0.276 e. The molecule has 4 rings (SSSR count). The molecule has 0 aliphatic heterocycles. The first-order valence-corrected chi connectivity index (χ1v) is 10.3. The number of nitrogens with one attached hydrogen (secondary N) is 2. The molecule has 148 valence electrons. The highest BCUT2D eigenvalue weighted by atomic mass is 32.2. The molecule has 0 aliphatic rings. The number of sulfone groups is 1. The summed E-state index contributed by atoms with van der Waals surface area (Å²) in [5.41, 5.74) is -0.384. The van der Waals surface area contributed by atoms with Gasteiger partial charge in [-0.2, -0.15) is 0 Å². The average Bonchev–Trinajstić information content (AvgIpc) is 3.01. The van der Waals surface area contributed by atoms with Gasteiger partial charge in [0.2, 0.25) is 0 Å². The van der Waals surface area contributed by atoms with Gasteiger partial charge < -0.3 is 10.3 Å². The van der Waals surface area contributed by atoms with Gasteiger partial charge in [-0.3, -0.25) is 9.20 Å². The molecule has 0 unspecified atom stereocenters. The number of anilines is 2. The predicted octanol–water partition coefficient (Wildman–Crippen LogP) is 3.11. The predicted molar refractivity (Wildman–Crippen MR) is 104 cm³/mol. The SMILES string of the molecule is CS(=O)(=O)c1ccc(Nc2nc(-c3c(F)cccc3F)n3cc[nH]c(=O)c23)cc1. The third-order valence-electron chi connectivity index (χ3n) is 4.30. The summed E-state index contributed by atoms with van der Waals surface area (Å²) in [5, 5.41) is 2.90. The summed E-state index contributed by atoms with van der Waals surface area (Å²) in [6.07, 6.45) is 3.86. The molecule has 10 heteroatoms. The lowest BCUT2D eigenvalue weighted by molar-refractivity contribution is 0.587. The van der Waals surface area contributed by atoms with Crippen molar-refractivity contribution in [2.45, 2.75) is 4.90 Å². The van der Waals surface area contributed by atoms with Gasteiger partial charge in [0.1, 0.15) is 11.6 Å². The first-order chi connectivity index (χ1) is 13.8. The van der Waals surface area contributed by atoms with Crippen LogP contribution in [-0.2, 0) is 9.84 Å². The van der Waals surface area contributed by atoms with E-state index in [4.69, 9.17) is 0 Å². The third-order valence-corrected chi connectivity index (χ3v) is 5.42. The molecule has 0 saturated heterocycles. The topological polar surface area (TPSA) is 96.3 Å². The summed E-state index contributed by atoms with van der Waals surface area (Å²) in [5.74, 6) is -1.66. The summed E-state index contributed by atoms with van der Waals surface area (Å²) < 4.78 is 53.1. The van der Waals surface area contributed by atoms with Crippen molar-refractivity contribution in [3.63, 3.8) is 0 Å². The second-order valence-electron chi connectivity index (χ2n) is 6.31. The highest BCUT2D eigenvalue weighted by Crippen LogP contribution is 2.29. The quantitative estimate of drug-likeness (QED) is 0.533. The molecular weight excluding hydrogens is 402 g/mol. The second-order valence-corrected chi connectivity index (χ2v) is 8.33. The van der Waals surface area contributed by atoms with Crippen molar-refractivity contribution in [1.82, 2.24) is 14.4 Å². The van der Waals surface area contributed by atoms with Crippen LogP contribution >= 0.6 is 0 Å². The van der Waals surface area contributed by atoms with Crippen molar-refractivity contribution >= 4 is 26.9 Å². The van der Waals surface area contributed by atoms with Crippen molar-refractivity contribution in [2.75, 3.05) is 11.6 Å². The third kappa shape index (κ3) is 3.38. The number of fused-ring (bicyclic) bond motifs is 1. The molecule has 29 heavy (non-hydrogen) atoms. The van der Waals surface area contributed by atoms with Crippen molar-refractivity contribution in [3.8, 4) is 11.4 Å². The molecule has 0 fully saturated rings. The Hall–Kier alpha value is -3.53. The van der Waals surface area contributed by atoms with Crippen molar-refractivity contribution in [1.29, 1.82) is 0 Å². The van der Waals surface area contributed by atoms with Crippen LogP contribution in [0.15, 0.2) is 64.5 Å². The van der Waals surface area contributed by atoms with Crippen LogP contribution < -0.4 is 10.9 Å². The van der Waals surface area contributed by atoms with E-state index in [-0.39, 0.29) is 27.6 Å². The number of aromatic nitrogens is 3. The minimum Gasteiger partial charge on any atom is -0.338 e. The number of benzene rings is 2. The first kappa shape index (κ1) is 18.8. The summed E-state index contributed by atoms with van der Waals surface area (Å²) in [7, 11) is -3.36. The highest BCUT2D eigenvalue weighted by molar-refractivity contribution is 7.90. The van der Waals surface area contributed by atoms with Crippen LogP contribution in [0.2, 0.25) is 0 Å². The Morgan fingerprint density at radius 3 is 2.34 bits per heavy atom. The standard InChI is InChI=1S/C19H14F2N4O3S/c1-29(27,28)12-7-5-11(6-8-12)23-17-16-19(26)22-9-10-25(16)18(24-17)15-13(20)3-2-4-14(15)21/h2-10,23H,1H3,(H,22,26). The minimum atomic E-state index is -3.36. The lowest BCUT2D eigenvalue weighted by atomic mass is 10.2. The van der Waals surface area contributed by atoms with E-state index < -0.39 is 27.0 Å². The summed E-state index contributed by atoms with van der Waals surface area (Å²) >= 11 is 0. The number of H-pyrrole nitrogens is 1. The van der Waals surface area contributed by atoms with E-state index in [0.717, 1.165) is 18.4 Å². The lowest BCUT2D eigenvalue weighted by Crippen LogP contribution is -2.09. The van der Waals surface area contributed by atoms with E-state index in [1.54, 1.807) is 0 Å². The van der Waals surface area contributed by atoms with Gasteiger partial charge in [0, 0.05) is 24.3 Å². The van der Waals surface area contributed by atoms with Gasteiger partial charge in [0.25, 0.3) is 5.56 Å². The van der Waals surface area contributed by atoms with E-state index in [0.29, 0.717) is 5.69 Å². The number of aromatic amines is 1. The van der Waals surface area contributed by atoms with Gasteiger partial charge in [0.05, 0.1) is 10.5 Å². The van der Waals surface area contributed by atoms with E-state index in [9.17, 15) is 22.0 Å². The number of halogens is 2. The molecule has 2 aromatic heterocycles. The normalized spacial score (nSPS) is 11.7. The zero-order valence-corrected chi connectivity index (χ0v) is 15.8. The Kier molecular flexibility index (Phi) is 4.42. The molecule has 0 aliphatic carbocycles. The largest absolute Gasteiger partial charge is 0.338 e. The summed E-state index contributed by atoms with van der Waals surface area (Å²) in [6.45, 7) is 0. The molecule has 0 amide bonds. The summed E-state index contributed by atoms with van der Waals surface area (Å²) in [4.78, 5) is 19.2. The Morgan fingerprint density at radius 1 is 1.07 bits per heavy atom. The Bertz CT molecular complexity index is 1370. The van der Waals surface area contributed by atoms with E-state index in [2.05, 4.69) is 15.3 Å². The molecule has 4 aromatic rings. The van der Waals surface area contributed by atoms with Gasteiger partial charge in [-0.15, -0.1) is 0 Å². The van der Waals surface area contributed by atoms with Crippen LogP contribution in [0.1, 0.15) is 0 Å². The van der Waals surface area contributed by atoms with Crippen LogP contribution in [0.3, 0.4) is 0 Å². The average molecular weight is 416 g/mol. The number of imidazole rings is 1. The van der Waals surface area contributed by atoms with E-state index in [1.807, 2.05) is 0 Å². The van der Waals surface area contributed by atoms with Gasteiger partial charge >= 0.3 is 0 Å². The zero-order valence-electron chi connectivity index (χ0n) is 15.0. The monoisotopic (exact) mass is 416 g/mol. The first-order valence-electron chi connectivity index (χ1n) is 8.37. The fourth-order valence-corrected chi connectivity index (χ4v) is 3.58. The number of rotatable bonds is 4. The number of hydrogen-bond donors (Lipinski definition) is 2. The maximum Gasteiger partial charge on any atom is 0.276 e. The van der Waals surface area contributed by atoms with Crippen LogP contribution in [0.25, 0.3) is 16.9 Å². The fraction of sp³-hybridized carbons (Fsp3) is 0.0526. The Balaban J connectivity index is 1.87. The Labute approximate surface area is 163 Å². The molecule has 0 bridgehead atoms. The van der Waals surface area contributed by atoms with Gasteiger partial charge in [-0.25, -0.2) is 22.2 Å². The molecule has 0 radical (unpaired) electrons. The molecule has 2 heterocycles. The number of hydrogen-bond acceptors (Lipinski definition) is 5. The number of nitrogens with zero attached hydrogens (tertiary/aromatic N) is 2. The van der Waals surface area contributed by atoms with Crippen molar-refractivity contribution < 1.29 is 17.2 Å². The molecular formula is C19H14F2N4O3S. The van der Waals surface area contributed by atoms with Gasteiger partial charge in [0.15, 0.2) is 27.0 Å². The van der Waals surface area contributed by atoms with E-state index in [1.165, 1.54) is 47.1 Å².